The van der Waals surface area contributed by atoms with E-state index in [4.69, 9.17) is 11.6 Å². The van der Waals surface area contributed by atoms with E-state index >= 15 is 0 Å². The van der Waals surface area contributed by atoms with E-state index in [0.717, 1.165) is 0 Å². The molecule has 0 atom stereocenters. The number of phenolic OH excluding ortho intramolecular Hbond substituents is 1. The van der Waals surface area contributed by atoms with E-state index < -0.39 is 5.82 Å². The summed E-state index contributed by atoms with van der Waals surface area (Å²) in [6, 6.07) is 9.35. The van der Waals surface area contributed by atoms with Crippen LogP contribution in [0, 0.1) is 5.82 Å². The van der Waals surface area contributed by atoms with E-state index in [1.807, 2.05) is 0 Å². The maximum Gasteiger partial charge on any atom is 0.165 e. The lowest BCUT2D eigenvalue weighted by Gasteiger charge is -2.09. The lowest BCUT2D eigenvalue weighted by Crippen LogP contribution is -1.98. The molecule has 4 nitrogen and oxygen atoms in total. The number of hydrogen-bond donors (Lipinski definition) is 2. The quantitative estimate of drug-likeness (QED) is 0.752. The van der Waals surface area contributed by atoms with Crippen LogP contribution in [-0.2, 0) is 0 Å². The number of anilines is 2. The van der Waals surface area contributed by atoms with Gasteiger partial charge in [0.25, 0.3) is 0 Å². The highest BCUT2D eigenvalue weighted by molar-refractivity contribution is 6.31. The van der Waals surface area contributed by atoms with Gasteiger partial charge in [0.05, 0.1) is 16.2 Å². The Labute approximate surface area is 118 Å². The SMILES string of the molecule is Oc1ccc2ncnc(Nc3cccc(Cl)c3F)c2c1. The Morgan fingerprint density at radius 3 is 2.85 bits per heavy atom. The molecule has 0 bridgehead atoms. The van der Waals surface area contributed by atoms with Crippen LogP contribution in [0.25, 0.3) is 10.9 Å². The van der Waals surface area contributed by atoms with Crippen LogP contribution in [0.5, 0.6) is 5.75 Å². The van der Waals surface area contributed by atoms with Crippen LogP contribution >= 0.6 is 11.6 Å². The van der Waals surface area contributed by atoms with Gasteiger partial charge in [0.15, 0.2) is 5.82 Å². The number of aromatic hydroxyl groups is 1. The topological polar surface area (TPSA) is 58.0 Å². The third kappa shape index (κ3) is 2.23. The first-order valence-corrected chi connectivity index (χ1v) is 6.18. The number of fused-ring (bicyclic) bond motifs is 1. The summed E-state index contributed by atoms with van der Waals surface area (Å²) in [5.74, 6) is -0.0740. The van der Waals surface area contributed by atoms with Gasteiger partial charge in [0.2, 0.25) is 0 Å². The first-order valence-electron chi connectivity index (χ1n) is 5.80. The monoisotopic (exact) mass is 289 g/mol. The minimum atomic E-state index is -0.555. The van der Waals surface area contributed by atoms with Gasteiger partial charge in [-0.1, -0.05) is 17.7 Å². The number of halogens is 2. The second-order valence-corrected chi connectivity index (χ2v) is 4.56. The van der Waals surface area contributed by atoms with Crippen molar-refractivity contribution in [3.05, 3.63) is 53.6 Å². The van der Waals surface area contributed by atoms with Crippen molar-refractivity contribution in [3.63, 3.8) is 0 Å². The molecule has 0 unspecified atom stereocenters. The average Bonchev–Trinajstić information content (AvgIpc) is 2.44. The van der Waals surface area contributed by atoms with Gasteiger partial charge in [-0.25, -0.2) is 14.4 Å². The molecule has 0 saturated carbocycles. The summed E-state index contributed by atoms with van der Waals surface area (Å²) in [6.45, 7) is 0. The van der Waals surface area contributed by atoms with Crippen LogP contribution in [-0.4, -0.2) is 15.1 Å². The standard InChI is InChI=1S/C14H9ClFN3O/c15-10-2-1-3-12(13(10)16)19-14-9-6-8(20)4-5-11(9)17-7-18-14/h1-7,20H,(H,17,18,19). The van der Waals surface area contributed by atoms with Gasteiger partial charge < -0.3 is 10.4 Å². The van der Waals surface area contributed by atoms with Crippen LogP contribution in [0.15, 0.2) is 42.7 Å². The van der Waals surface area contributed by atoms with Crippen molar-refractivity contribution in [2.24, 2.45) is 0 Å². The third-order valence-corrected chi connectivity index (χ3v) is 3.12. The minimum Gasteiger partial charge on any atom is -0.508 e. The number of rotatable bonds is 2. The fourth-order valence-corrected chi connectivity index (χ4v) is 2.05. The molecule has 0 aliphatic carbocycles. The second kappa shape index (κ2) is 4.94. The van der Waals surface area contributed by atoms with Crippen molar-refractivity contribution < 1.29 is 9.50 Å². The van der Waals surface area contributed by atoms with Crippen molar-refractivity contribution >= 4 is 34.0 Å². The van der Waals surface area contributed by atoms with Crippen molar-refractivity contribution in [2.75, 3.05) is 5.32 Å². The van der Waals surface area contributed by atoms with Gasteiger partial charge in [0.1, 0.15) is 17.9 Å². The lowest BCUT2D eigenvalue weighted by molar-refractivity contribution is 0.476. The molecular formula is C14H9ClFN3O. The predicted molar refractivity (Wildman–Crippen MR) is 75.9 cm³/mol. The Hall–Kier alpha value is -2.40. The number of phenols is 1. The zero-order chi connectivity index (χ0) is 14.1. The lowest BCUT2D eigenvalue weighted by atomic mass is 10.2. The Morgan fingerprint density at radius 1 is 1.15 bits per heavy atom. The molecule has 0 amide bonds. The summed E-state index contributed by atoms with van der Waals surface area (Å²) >= 11 is 5.74. The fraction of sp³-hybridized carbons (Fsp3) is 0. The van der Waals surface area contributed by atoms with Crippen LogP contribution in [0.2, 0.25) is 5.02 Å². The normalized spacial score (nSPS) is 10.7. The van der Waals surface area contributed by atoms with Crippen molar-refractivity contribution in [3.8, 4) is 5.75 Å². The van der Waals surface area contributed by atoms with Crippen LogP contribution < -0.4 is 5.32 Å². The maximum atomic E-state index is 13.9. The van der Waals surface area contributed by atoms with E-state index in [1.165, 1.54) is 24.5 Å². The van der Waals surface area contributed by atoms with Crippen LogP contribution in [0.1, 0.15) is 0 Å². The molecule has 2 aromatic carbocycles. The molecule has 0 fully saturated rings. The summed E-state index contributed by atoms with van der Waals surface area (Å²) in [5.41, 5.74) is 0.851. The highest BCUT2D eigenvalue weighted by atomic mass is 35.5. The van der Waals surface area contributed by atoms with E-state index in [9.17, 15) is 9.50 Å². The van der Waals surface area contributed by atoms with Gasteiger partial charge in [-0.2, -0.15) is 0 Å². The van der Waals surface area contributed by atoms with Crippen molar-refractivity contribution in [2.45, 2.75) is 0 Å². The number of nitrogens with one attached hydrogen (secondary N) is 1. The molecule has 0 spiro atoms. The molecule has 100 valence electrons. The Kier molecular flexibility index (Phi) is 3.12. The zero-order valence-corrected chi connectivity index (χ0v) is 10.9. The number of nitrogens with zero attached hydrogens (tertiary/aromatic N) is 2. The Morgan fingerprint density at radius 2 is 2.00 bits per heavy atom. The molecular weight excluding hydrogens is 281 g/mol. The number of benzene rings is 2. The number of hydrogen-bond acceptors (Lipinski definition) is 4. The minimum absolute atomic E-state index is 0.0243. The maximum absolute atomic E-state index is 13.9. The first-order chi connectivity index (χ1) is 9.65. The molecule has 2 N–H and O–H groups in total. The molecule has 0 aliphatic heterocycles. The van der Waals surface area contributed by atoms with Gasteiger partial charge >= 0.3 is 0 Å². The fourth-order valence-electron chi connectivity index (χ4n) is 1.87. The van der Waals surface area contributed by atoms with E-state index in [2.05, 4.69) is 15.3 Å². The van der Waals surface area contributed by atoms with E-state index in [0.29, 0.717) is 16.7 Å². The summed E-state index contributed by atoms with van der Waals surface area (Å²) in [4.78, 5) is 8.15. The average molecular weight is 290 g/mol. The van der Waals surface area contributed by atoms with Gasteiger partial charge in [-0.05, 0) is 30.3 Å². The van der Waals surface area contributed by atoms with Crippen molar-refractivity contribution in [1.29, 1.82) is 0 Å². The Balaban J connectivity index is 2.11. The van der Waals surface area contributed by atoms with E-state index in [-0.39, 0.29) is 16.5 Å². The largest absolute Gasteiger partial charge is 0.508 e. The van der Waals surface area contributed by atoms with Gasteiger partial charge in [-0.3, -0.25) is 0 Å². The smallest absolute Gasteiger partial charge is 0.165 e. The molecule has 3 aromatic rings. The summed E-state index contributed by atoms with van der Waals surface area (Å²) in [5, 5.41) is 13.0. The molecule has 1 heterocycles. The van der Waals surface area contributed by atoms with Crippen LogP contribution in [0.4, 0.5) is 15.9 Å². The Bertz CT molecular complexity index is 794. The number of aromatic nitrogens is 2. The molecule has 3 rings (SSSR count). The highest BCUT2D eigenvalue weighted by Crippen LogP contribution is 2.29. The zero-order valence-electron chi connectivity index (χ0n) is 10.1. The molecule has 20 heavy (non-hydrogen) atoms. The third-order valence-electron chi connectivity index (χ3n) is 2.82. The molecule has 1 aromatic heterocycles. The summed E-state index contributed by atoms with van der Waals surface area (Å²) in [6.07, 6.45) is 1.37. The molecule has 0 radical (unpaired) electrons. The summed E-state index contributed by atoms with van der Waals surface area (Å²) in [7, 11) is 0. The van der Waals surface area contributed by atoms with Gasteiger partial charge in [-0.15, -0.1) is 0 Å². The predicted octanol–water partition coefficient (Wildman–Crippen LogP) is 3.87. The molecule has 0 saturated heterocycles. The second-order valence-electron chi connectivity index (χ2n) is 4.15. The first kappa shape index (κ1) is 12.6. The van der Waals surface area contributed by atoms with Crippen LogP contribution in [0.3, 0.4) is 0 Å². The van der Waals surface area contributed by atoms with E-state index in [1.54, 1.807) is 18.2 Å². The highest BCUT2D eigenvalue weighted by Gasteiger charge is 2.10. The summed E-state index contributed by atoms with van der Waals surface area (Å²) < 4.78 is 13.9. The molecule has 0 aliphatic rings. The van der Waals surface area contributed by atoms with Gasteiger partial charge in [0, 0.05) is 5.39 Å². The van der Waals surface area contributed by atoms with Crippen molar-refractivity contribution in [1.82, 2.24) is 9.97 Å². The molecule has 6 heteroatoms.